The van der Waals surface area contributed by atoms with Gasteiger partial charge in [-0.25, -0.2) is 0 Å². The maximum atomic E-state index is 5.46. The van der Waals surface area contributed by atoms with Crippen molar-refractivity contribution in [3.8, 4) is 11.1 Å². The maximum Gasteiger partial charge on any atom is 0.0665 e. The highest BCUT2D eigenvalue weighted by Crippen LogP contribution is 2.36. The molecular formula is C50H47N. The fourth-order valence-corrected chi connectivity index (χ4v) is 7.52. The van der Waals surface area contributed by atoms with Crippen molar-refractivity contribution in [1.29, 1.82) is 0 Å². The van der Waals surface area contributed by atoms with Crippen LogP contribution in [0.5, 0.6) is 0 Å². The fraction of sp³-hybridized carbons (Fsp3) is 0.180. The van der Waals surface area contributed by atoms with Gasteiger partial charge in [-0.3, -0.25) is 4.99 Å². The monoisotopic (exact) mass is 661 g/mol. The summed E-state index contributed by atoms with van der Waals surface area (Å²) < 4.78 is 0. The van der Waals surface area contributed by atoms with E-state index in [4.69, 9.17) is 4.99 Å². The minimum absolute atomic E-state index is 0.166. The van der Waals surface area contributed by atoms with Crippen LogP contribution in [-0.2, 0) is 0 Å². The Morgan fingerprint density at radius 3 is 2.14 bits per heavy atom. The van der Waals surface area contributed by atoms with Crippen molar-refractivity contribution in [2.24, 2.45) is 16.8 Å². The molecule has 0 heterocycles. The molecule has 0 aliphatic heterocycles. The summed E-state index contributed by atoms with van der Waals surface area (Å²) in [5.41, 5.74) is 13.7. The molecule has 51 heavy (non-hydrogen) atoms. The number of hydrogen-bond donors (Lipinski definition) is 0. The third kappa shape index (κ3) is 8.27. The van der Waals surface area contributed by atoms with Gasteiger partial charge in [-0.05, 0) is 95.7 Å². The normalized spacial score (nSPS) is 22.0. The van der Waals surface area contributed by atoms with Crippen LogP contribution in [0.15, 0.2) is 204 Å². The molecule has 252 valence electrons. The summed E-state index contributed by atoms with van der Waals surface area (Å²) in [4.78, 5) is 5.46. The molecule has 0 aromatic heterocycles. The van der Waals surface area contributed by atoms with E-state index >= 15 is 0 Å². The molecule has 4 aliphatic carbocycles. The van der Waals surface area contributed by atoms with Gasteiger partial charge in [-0.2, -0.15) is 0 Å². The quantitative estimate of drug-likeness (QED) is 0.151. The van der Waals surface area contributed by atoms with E-state index in [-0.39, 0.29) is 5.92 Å². The summed E-state index contributed by atoms with van der Waals surface area (Å²) in [6.07, 6.45) is 40.7. The second-order valence-corrected chi connectivity index (χ2v) is 13.8. The molecule has 0 fully saturated rings. The Labute approximate surface area is 305 Å². The Balaban J connectivity index is 1.19. The second-order valence-electron chi connectivity index (χ2n) is 13.8. The molecule has 0 amide bonds. The van der Waals surface area contributed by atoms with E-state index in [0.717, 1.165) is 43.5 Å². The van der Waals surface area contributed by atoms with E-state index in [9.17, 15) is 0 Å². The zero-order valence-electron chi connectivity index (χ0n) is 29.7. The van der Waals surface area contributed by atoms with Crippen molar-refractivity contribution in [3.05, 3.63) is 216 Å². The lowest BCUT2D eigenvalue weighted by molar-refractivity contribution is 0.703. The van der Waals surface area contributed by atoms with Gasteiger partial charge in [-0.15, -0.1) is 0 Å². The molecule has 0 spiro atoms. The van der Waals surface area contributed by atoms with Crippen LogP contribution >= 0.6 is 0 Å². The van der Waals surface area contributed by atoms with Crippen molar-refractivity contribution in [1.82, 2.24) is 0 Å². The van der Waals surface area contributed by atoms with Crippen LogP contribution < -0.4 is 0 Å². The predicted molar refractivity (Wildman–Crippen MR) is 220 cm³/mol. The average Bonchev–Trinajstić information content (AvgIpc) is 3.21. The van der Waals surface area contributed by atoms with Crippen molar-refractivity contribution in [2.75, 3.05) is 0 Å². The van der Waals surface area contributed by atoms with Gasteiger partial charge in [0.05, 0.1) is 5.70 Å². The van der Waals surface area contributed by atoms with Gasteiger partial charge in [0, 0.05) is 23.5 Å². The van der Waals surface area contributed by atoms with Crippen molar-refractivity contribution in [3.63, 3.8) is 0 Å². The van der Waals surface area contributed by atoms with Crippen LogP contribution in [0, 0.1) is 11.8 Å². The summed E-state index contributed by atoms with van der Waals surface area (Å²) in [6.45, 7) is 6.29. The number of rotatable bonds is 10. The minimum atomic E-state index is 0.166. The average molecular weight is 662 g/mol. The number of allylic oxidation sites excluding steroid dienone is 20. The standard InChI is InChI=1S/C50H47N/c1-3-15-49(45-32-26-41(27-33-45)39-16-7-4-8-17-39)51-50(46-34-28-42(29-35-46)40-18-9-5-10-19-40)36-37(2)38-24-30-44(31-25-38)48-23-14-13-22-47(48)43-20-11-6-12-21-43/h3-16,18-20,22-26,28-32,34,36,39,43,46H,1,17,21,27,33,35H2,2H3/b37-36+,49-15+,51-50+. The molecule has 4 aliphatic rings. The van der Waals surface area contributed by atoms with Gasteiger partial charge in [0.15, 0.2) is 0 Å². The summed E-state index contributed by atoms with van der Waals surface area (Å²) in [5, 5.41) is 0. The van der Waals surface area contributed by atoms with Crippen LogP contribution in [0.25, 0.3) is 22.3 Å². The van der Waals surface area contributed by atoms with Crippen LogP contribution in [0.1, 0.15) is 61.6 Å². The smallest absolute Gasteiger partial charge is 0.0665 e. The lowest BCUT2D eigenvalue weighted by atomic mass is 9.84. The van der Waals surface area contributed by atoms with Gasteiger partial charge >= 0.3 is 0 Å². The molecule has 1 heteroatoms. The predicted octanol–water partition coefficient (Wildman–Crippen LogP) is 13.3. The van der Waals surface area contributed by atoms with Gasteiger partial charge in [-0.1, -0.05) is 176 Å². The van der Waals surface area contributed by atoms with E-state index in [1.54, 1.807) is 0 Å². The molecule has 3 aromatic rings. The highest BCUT2D eigenvalue weighted by molar-refractivity contribution is 6.04. The van der Waals surface area contributed by atoms with Crippen molar-refractivity contribution < 1.29 is 0 Å². The summed E-state index contributed by atoms with van der Waals surface area (Å²) in [5.74, 6) is 1.08. The summed E-state index contributed by atoms with van der Waals surface area (Å²) in [6, 6.07) is 28.6. The van der Waals surface area contributed by atoms with E-state index in [1.807, 2.05) is 6.08 Å². The van der Waals surface area contributed by atoms with E-state index in [2.05, 4.69) is 184 Å². The lowest BCUT2D eigenvalue weighted by Gasteiger charge is -2.22. The SMILES string of the molecule is C=C/C=C(/N=C(\C=C(/C)c1ccc(-c2ccccc2C2C=CC=CC2)cc1)C1C=CC(c2ccccc2)=CC1)C1=CC=C(C2C=CC=CC2)CC1. The molecule has 3 aromatic carbocycles. The van der Waals surface area contributed by atoms with Crippen LogP contribution in [0.2, 0.25) is 0 Å². The fourth-order valence-electron chi connectivity index (χ4n) is 7.52. The first-order valence-electron chi connectivity index (χ1n) is 18.5. The van der Waals surface area contributed by atoms with Gasteiger partial charge in [0.2, 0.25) is 0 Å². The third-order valence-electron chi connectivity index (χ3n) is 10.4. The molecule has 7 rings (SSSR count). The van der Waals surface area contributed by atoms with Crippen molar-refractivity contribution in [2.45, 2.75) is 44.9 Å². The zero-order chi connectivity index (χ0) is 34.8. The Bertz CT molecular complexity index is 2080. The first-order valence-corrected chi connectivity index (χ1v) is 18.5. The Hall–Kier alpha value is -5.53. The van der Waals surface area contributed by atoms with Crippen LogP contribution in [0.4, 0.5) is 0 Å². The lowest BCUT2D eigenvalue weighted by Crippen LogP contribution is -2.13. The molecule has 3 atom stereocenters. The number of nitrogens with zero attached hydrogens (tertiary/aromatic N) is 1. The van der Waals surface area contributed by atoms with E-state index < -0.39 is 0 Å². The van der Waals surface area contributed by atoms with Crippen LogP contribution in [0.3, 0.4) is 0 Å². The van der Waals surface area contributed by atoms with Gasteiger partial charge in [0.25, 0.3) is 0 Å². The summed E-state index contributed by atoms with van der Waals surface area (Å²) in [7, 11) is 0. The van der Waals surface area contributed by atoms with Crippen LogP contribution in [-0.4, -0.2) is 5.71 Å². The third-order valence-corrected chi connectivity index (χ3v) is 10.4. The molecule has 0 saturated carbocycles. The molecule has 0 bridgehead atoms. The topological polar surface area (TPSA) is 12.4 Å². The Morgan fingerprint density at radius 1 is 0.725 bits per heavy atom. The molecule has 3 unspecified atom stereocenters. The van der Waals surface area contributed by atoms with Gasteiger partial charge < -0.3 is 0 Å². The zero-order valence-corrected chi connectivity index (χ0v) is 29.7. The second kappa shape index (κ2) is 16.5. The summed E-state index contributed by atoms with van der Waals surface area (Å²) >= 11 is 0. The Morgan fingerprint density at radius 2 is 1.47 bits per heavy atom. The highest BCUT2D eigenvalue weighted by atomic mass is 14.8. The highest BCUT2D eigenvalue weighted by Gasteiger charge is 2.20. The largest absolute Gasteiger partial charge is 0.253 e. The Kier molecular flexibility index (Phi) is 10.9. The number of hydrogen-bond acceptors (Lipinski definition) is 1. The molecule has 0 saturated heterocycles. The van der Waals surface area contributed by atoms with Gasteiger partial charge in [0.1, 0.15) is 0 Å². The van der Waals surface area contributed by atoms with E-state index in [0.29, 0.717) is 11.8 Å². The molecular weight excluding hydrogens is 615 g/mol. The maximum absolute atomic E-state index is 5.46. The molecule has 0 radical (unpaired) electrons. The van der Waals surface area contributed by atoms with E-state index in [1.165, 1.54) is 50.1 Å². The first kappa shape index (κ1) is 33.9. The number of benzene rings is 3. The van der Waals surface area contributed by atoms with Crippen molar-refractivity contribution >= 4 is 16.9 Å². The molecule has 1 nitrogen and oxygen atoms in total. The minimum Gasteiger partial charge on any atom is -0.253 e. The number of aliphatic imine (C=N–C) groups is 1. The first-order chi connectivity index (χ1) is 25.2. The molecule has 0 N–H and O–H groups in total.